The van der Waals surface area contributed by atoms with E-state index in [1.165, 1.54) is 10.7 Å². The summed E-state index contributed by atoms with van der Waals surface area (Å²) in [6.45, 7) is 2.32. The Bertz CT molecular complexity index is 910. The molecule has 0 spiro atoms. The summed E-state index contributed by atoms with van der Waals surface area (Å²) in [4.78, 5) is 30.2. The second-order valence-corrected chi connectivity index (χ2v) is 4.83. The third-order valence-corrected chi connectivity index (χ3v) is 3.42. The first-order valence-corrected chi connectivity index (χ1v) is 7.15. The first-order chi connectivity index (χ1) is 11.3. The van der Waals surface area contributed by atoms with Crippen molar-refractivity contribution in [2.75, 3.05) is 11.4 Å². The lowest BCUT2D eigenvalue weighted by Gasteiger charge is -2.21. The van der Waals surface area contributed by atoms with Crippen LogP contribution in [0.25, 0.3) is 5.65 Å². The maximum Gasteiger partial charge on any atom is 0.270 e. The number of hydrogen-bond donors (Lipinski definition) is 0. The number of carbonyl (C=O) groups excluding carboxylic acids is 1. The van der Waals surface area contributed by atoms with E-state index in [0.717, 1.165) is 0 Å². The predicted molar refractivity (Wildman–Crippen MR) is 87.4 cm³/mol. The average molecular weight is 309 g/mol. The number of hydrogen-bond acceptors (Lipinski definition) is 5. The first kappa shape index (κ1) is 14.8. The van der Waals surface area contributed by atoms with E-state index in [2.05, 4.69) is 4.98 Å². The average Bonchev–Trinajstić information content (AvgIpc) is 3.10. The highest BCUT2D eigenvalue weighted by Gasteiger charge is 2.20. The lowest BCUT2D eigenvalue weighted by molar-refractivity contribution is 0.112. The summed E-state index contributed by atoms with van der Waals surface area (Å²) < 4.78 is 6.78. The van der Waals surface area contributed by atoms with E-state index in [-0.39, 0.29) is 11.4 Å². The Labute approximate surface area is 132 Å². The maximum atomic E-state index is 12.5. The molecule has 0 N–H and O–H groups in total. The van der Waals surface area contributed by atoms with Gasteiger partial charge >= 0.3 is 0 Å². The summed E-state index contributed by atoms with van der Waals surface area (Å²) >= 11 is 0. The third-order valence-electron chi connectivity index (χ3n) is 3.42. The smallest absolute Gasteiger partial charge is 0.270 e. The zero-order chi connectivity index (χ0) is 16.2. The molecule has 23 heavy (non-hydrogen) atoms. The minimum atomic E-state index is -0.405. The normalized spacial score (nSPS) is 11.2. The highest BCUT2D eigenvalue weighted by Crippen LogP contribution is 2.25. The fourth-order valence-corrected chi connectivity index (χ4v) is 2.32. The van der Waals surface area contributed by atoms with Gasteiger partial charge in [-0.2, -0.15) is 0 Å². The zero-order valence-corrected chi connectivity index (χ0v) is 12.5. The van der Waals surface area contributed by atoms with Gasteiger partial charge in [-0.3, -0.25) is 18.9 Å². The largest absolute Gasteiger partial charge is 0.448 e. The molecule has 6 nitrogen and oxygen atoms in total. The van der Waals surface area contributed by atoms with Crippen molar-refractivity contribution in [3.63, 3.8) is 0 Å². The Morgan fingerprint density at radius 3 is 2.87 bits per heavy atom. The monoisotopic (exact) mass is 309 g/mol. The second kappa shape index (κ2) is 6.31. The minimum Gasteiger partial charge on any atom is -0.448 e. The number of nitrogens with zero attached hydrogens (tertiary/aromatic N) is 3. The van der Waals surface area contributed by atoms with Crippen molar-refractivity contribution in [1.29, 1.82) is 0 Å². The molecule has 3 heterocycles. The summed E-state index contributed by atoms with van der Waals surface area (Å²) in [5.41, 5.74) is 0.0578. The second-order valence-electron chi connectivity index (χ2n) is 4.83. The molecule has 0 radical (unpaired) electrons. The molecule has 0 aromatic carbocycles. The SMILES string of the molecule is C/C=C/CN(c1ccco1)c1nc2ccccn2c(=O)c1C=O. The fourth-order valence-electron chi connectivity index (χ4n) is 2.32. The van der Waals surface area contributed by atoms with Gasteiger partial charge in [0.15, 0.2) is 12.1 Å². The number of fused-ring (bicyclic) bond motifs is 1. The van der Waals surface area contributed by atoms with Gasteiger partial charge in [0.05, 0.1) is 6.26 Å². The zero-order valence-electron chi connectivity index (χ0n) is 12.5. The van der Waals surface area contributed by atoms with E-state index >= 15 is 0 Å². The van der Waals surface area contributed by atoms with E-state index in [0.29, 0.717) is 24.4 Å². The van der Waals surface area contributed by atoms with Crippen molar-refractivity contribution >= 4 is 23.6 Å². The van der Waals surface area contributed by atoms with Gasteiger partial charge in [0, 0.05) is 18.8 Å². The number of furan rings is 1. The molecule has 0 saturated carbocycles. The van der Waals surface area contributed by atoms with Crippen LogP contribution in [0.1, 0.15) is 17.3 Å². The number of carbonyl (C=O) groups is 1. The van der Waals surface area contributed by atoms with E-state index in [9.17, 15) is 9.59 Å². The maximum absolute atomic E-state index is 12.5. The van der Waals surface area contributed by atoms with Crippen molar-refractivity contribution in [1.82, 2.24) is 9.38 Å². The van der Waals surface area contributed by atoms with E-state index in [4.69, 9.17) is 4.42 Å². The van der Waals surface area contributed by atoms with Crippen molar-refractivity contribution in [2.45, 2.75) is 6.92 Å². The van der Waals surface area contributed by atoms with Crippen molar-refractivity contribution in [3.05, 3.63) is 70.9 Å². The quantitative estimate of drug-likeness (QED) is 0.535. The first-order valence-electron chi connectivity index (χ1n) is 7.15. The van der Waals surface area contributed by atoms with Gasteiger partial charge in [0.2, 0.25) is 5.88 Å². The van der Waals surface area contributed by atoms with Gasteiger partial charge in [0.1, 0.15) is 11.2 Å². The molecule has 0 bridgehead atoms. The summed E-state index contributed by atoms with van der Waals surface area (Å²) in [5, 5.41) is 0. The highest BCUT2D eigenvalue weighted by atomic mass is 16.3. The van der Waals surface area contributed by atoms with E-state index < -0.39 is 5.56 Å². The molecule has 0 unspecified atom stereocenters. The van der Waals surface area contributed by atoms with Crippen molar-refractivity contribution in [2.24, 2.45) is 0 Å². The van der Waals surface area contributed by atoms with Crippen LogP contribution in [0.3, 0.4) is 0 Å². The van der Waals surface area contributed by atoms with Gasteiger partial charge in [-0.1, -0.05) is 18.2 Å². The van der Waals surface area contributed by atoms with Crippen molar-refractivity contribution in [3.8, 4) is 0 Å². The molecular weight excluding hydrogens is 294 g/mol. The Kier molecular flexibility index (Phi) is 4.05. The van der Waals surface area contributed by atoms with Crippen LogP contribution in [0.5, 0.6) is 0 Å². The van der Waals surface area contributed by atoms with E-state index in [1.807, 2.05) is 19.1 Å². The van der Waals surface area contributed by atoms with Crippen LogP contribution in [0.15, 0.2) is 64.2 Å². The van der Waals surface area contributed by atoms with Crippen LogP contribution in [0, 0.1) is 0 Å². The molecule has 3 rings (SSSR count). The summed E-state index contributed by atoms with van der Waals surface area (Å²) in [6, 6.07) is 8.72. The molecule has 6 heteroatoms. The molecule has 0 aliphatic carbocycles. The third kappa shape index (κ3) is 2.66. The van der Waals surface area contributed by atoms with E-state index in [1.54, 1.807) is 41.4 Å². The highest BCUT2D eigenvalue weighted by molar-refractivity contribution is 5.84. The van der Waals surface area contributed by atoms with Gasteiger partial charge in [-0.05, 0) is 25.1 Å². The molecule has 0 atom stereocenters. The van der Waals surface area contributed by atoms with Gasteiger partial charge < -0.3 is 4.42 Å². The molecule has 0 saturated heterocycles. The molecular formula is C17H15N3O3. The standard InChI is InChI=1S/C17H15N3O3/c1-2-3-9-20(15-8-6-11-23-15)16-13(12-21)17(22)19-10-5-4-7-14(19)18-16/h2-8,10-12H,9H2,1H3/b3-2+. The molecule has 0 aliphatic rings. The minimum absolute atomic E-state index is 0.00500. The number of allylic oxidation sites excluding steroid dienone is 1. The van der Waals surface area contributed by atoms with Crippen molar-refractivity contribution < 1.29 is 9.21 Å². The molecule has 3 aromatic heterocycles. The number of pyridine rings is 1. The van der Waals surface area contributed by atoms with Crippen LogP contribution in [0.4, 0.5) is 11.7 Å². The van der Waals surface area contributed by atoms with Crippen LogP contribution in [-0.2, 0) is 0 Å². The molecule has 0 fully saturated rings. The van der Waals surface area contributed by atoms with Gasteiger partial charge in [-0.25, -0.2) is 4.98 Å². The number of aromatic nitrogens is 2. The Hall–Kier alpha value is -3.15. The lowest BCUT2D eigenvalue weighted by atomic mass is 10.2. The van der Waals surface area contributed by atoms with Crippen LogP contribution in [-0.4, -0.2) is 22.2 Å². The summed E-state index contributed by atoms with van der Waals surface area (Å²) in [5.74, 6) is 0.794. The molecule has 0 amide bonds. The molecule has 3 aromatic rings. The predicted octanol–water partition coefficient (Wildman–Crippen LogP) is 2.81. The topological polar surface area (TPSA) is 67.8 Å². The van der Waals surface area contributed by atoms with Gasteiger partial charge in [-0.15, -0.1) is 0 Å². The Morgan fingerprint density at radius 2 is 2.17 bits per heavy atom. The van der Waals surface area contributed by atoms with Crippen LogP contribution in [0.2, 0.25) is 0 Å². The lowest BCUT2D eigenvalue weighted by Crippen LogP contribution is -2.27. The van der Waals surface area contributed by atoms with Crippen LogP contribution >= 0.6 is 0 Å². The number of anilines is 2. The number of rotatable bonds is 5. The Balaban J connectivity index is 2.27. The summed E-state index contributed by atoms with van der Waals surface area (Å²) in [7, 11) is 0. The molecule has 116 valence electrons. The van der Waals surface area contributed by atoms with Crippen LogP contribution < -0.4 is 10.5 Å². The number of aldehydes is 1. The molecule has 0 aliphatic heterocycles. The Morgan fingerprint density at radius 1 is 1.30 bits per heavy atom. The summed E-state index contributed by atoms with van der Waals surface area (Å²) in [6.07, 6.45) is 7.43. The fraction of sp³-hybridized carbons (Fsp3) is 0.118. The van der Waals surface area contributed by atoms with Gasteiger partial charge in [0.25, 0.3) is 5.56 Å².